The quantitative estimate of drug-likeness (QED) is 0.887. The Balaban J connectivity index is 2.21. The number of rotatable bonds is 5. The van der Waals surface area contributed by atoms with Crippen molar-refractivity contribution in [2.24, 2.45) is 11.8 Å². The van der Waals surface area contributed by atoms with Gasteiger partial charge in [-0.25, -0.2) is 8.42 Å². The summed E-state index contributed by atoms with van der Waals surface area (Å²) in [5.74, 6) is -0.980. The average Bonchev–Trinajstić information content (AvgIpc) is 2.46. The summed E-state index contributed by atoms with van der Waals surface area (Å²) in [6.45, 7) is 6.03. The van der Waals surface area contributed by atoms with E-state index >= 15 is 0 Å². The number of nitrogens with zero attached hydrogens (tertiary/aromatic N) is 1. The molecule has 0 bridgehead atoms. The number of aliphatic carboxylic acids is 1. The molecule has 1 aromatic rings. The summed E-state index contributed by atoms with van der Waals surface area (Å²) in [4.78, 5) is 11.4. The number of hydrogen-bond acceptors (Lipinski definition) is 4. The van der Waals surface area contributed by atoms with Gasteiger partial charge in [0.2, 0.25) is 10.0 Å². The van der Waals surface area contributed by atoms with E-state index in [9.17, 15) is 18.3 Å². The molecule has 1 fully saturated rings. The largest absolute Gasteiger partial charge is 0.491 e. The summed E-state index contributed by atoms with van der Waals surface area (Å²) in [5.41, 5.74) is 0. The van der Waals surface area contributed by atoms with Crippen LogP contribution in [0.3, 0.4) is 0 Å². The van der Waals surface area contributed by atoms with Gasteiger partial charge in [-0.1, -0.05) is 6.92 Å². The first-order chi connectivity index (χ1) is 10.7. The number of carboxylic acids is 1. The zero-order valence-electron chi connectivity index (χ0n) is 13.6. The molecular weight excluding hydrogens is 318 g/mol. The van der Waals surface area contributed by atoms with E-state index < -0.39 is 21.9 Å². The van der Waals surface area contributed by atoms with Crippen molar-refractivity contribution in [3.63, 3.8) is 0 Å². The van der Waals surface area contributed by atoms with Crippen LogP contribution in [0.15, 0.2) is 29.2 Å². The lowest BCUT2D eigenvalue weighted by atomic mass is 9.92. The van der Waals surface area contributed by atoms with Crippen molar-refractivity contribution in [2.75, 3.05) is 13.1 Å². The molecule has 1 aromatic carbocycles. The molecule has 0 spiro atoms. The first-order valence-electron chi connectivity index (χ1n) is 7.70. The Bertz CT molecular complexity index is 654. The van der Waals surface area contributed by atoms with E-state index in [1.54, 1.807) is 12.1 Å². The van der Waals surface area contributed by atoms with Gasteiger partial charge in [-0.3, -0.25) is 4.79 Å². The third-order valence-electron chi connectivity index (χ3n) is 3.81. The number of hydrogen-bond donors (Lipinski definition) is 1. The Morgan fingerprint density at radius 2 is 1.87 bits per heavy atom. The minimum Gasteiger partial charge on any atom is -0.491 e. The lowest BCUT2D eigenvalue weighted by Gasteiger charge is -2.33. The zero-order valence-corrected chi connectivity index (χ0v) is 14.4. The van der Waals surface area contributed by atoms with Crippen molar-refractivity contribution in [2.45, 2.75) is 38.2 Å². The number of sulfonamides is 1. The van der Waals surface area contributed by atoms with Gasteiger partial charge in [0, 0.05) is 13.1 Å². The van der Waals surface area contributed by atoms with Crippen LogP contribution >= 0.6 is 0 Å². The fraction of sp³-hybridized carbons (Fsp3) is 0.562. The van der Waals surface area contributed by atoms with Crippen LogP contribution < -0.4 is 4.74 Å². The van der Waals surface area contributed by atoms with Gasteiger partial charge in [0.25, 0.3) is 0 Å². The van der Waals surface area contributed by atoms with E-state index in [0.717, 1.165) is 0 Å². The van der Waals surface area contributed by atoms with E-state index in [2.05, 4.69) is 0 Å². The molecule has 1 N–H and O–H groups in total. The molecule has 128 valence electrons. The minimum absolute atomic E-state index is 0.0109. The lowest BCUT2D eigenvalue weighted by molar-refractivity contribution is -0.143. The van der Waals surface area contributed by atoms with Crippen LogP contribution in [0.2, 0.25) is 0 Å². The standard InChI is InChI=1S/C16H23NO5S/c1-11(2)22-14-4-6-15(7-5-14)23(20,21)17-9-12(3)8-13(10-17)16(18)19/h4-7,11-13H,8-10H2,1-3H3,(H,18,19). The Labute approximate surface area is 137 Å². The second kappa shape index (κ2) is 6.88. The van der Waals surface area contributed by atoms with Crippen LogP contribution in [-0.4, -0.2) is 43.0 Å². The number of carboxylic acid groups (broad SMARTS) is 1. The highest BCUT2D eigenvalue weighted by Crippen LogP contribution is 2.28. The Hall–Kier alpha value is -1.60. The van der Waals surface area contributed by atoms with Crippen LogP contribution in [0.1, 0.15) is 27.2 Å². The maximum Gasteiger partial charge on any atom is 0.307 e. The SMILES string of the molecule is CC1CC(C(=O)O)CN(S(=O)(=O)c2ccc(OC(C)C)cc2)C1. The summed E-state index contributed by atoms with van der Waals surface area (Å²) in [6.07, 6.45) is 0.513. The zero-order chi connectivity index (χ0) is 17.2. The second-order valence-electron chi connectivity index (χ2n) is 6.34. The van der Waals surface area contributed by atoms with Crippen molar-refractivity contribution < 1.29 is 23.1 Å². The molecule has 0 radical (unpaired) electrons. The van der Waals surface area contributed by atoms with Crippen molar-refractivity contribution in [1.29, 1.82) is 0 Å². The second-order valence-corrected chi connectivity index (χ2v) is 8.27. The number of piperidine rings is 1. The van der Waals surface area contributed by atoms with Crippen molar-refractivity contribution in [3.05, 3.63) is 24.3 Å². The molecule has 6 nitrogen and oxygen atoms in total. The molecule has 2 atom stereocenters. The molecule has 2 rings (SSSR count). The first-order valence-corrected chi connectivity index (χ1v) is 9.14. The lowest BCUT2D eigenvalue weighted by Crippen LogP contribution is -2.45. The molecule has 1 aliphatic rings. The molecule has 1 heterocycles. The number of benzene rings is 1. The van der Waals surface area contributed by atoms with Gasteiger partial charge < -0.3 is 9.84 Å². The molecule has 1 aliphatic heterocycles. The fourth-order valence-electron chi connectivity index (χ4n) is 2.79. The summed E-state index contributed by atoms with van der Waals surface area (Å²) in [7, 11) is -3.69. The highest BCUT2D eigenvalue weighted by atomic mass is 32.2. The molecule has 0 aliphatic carbocycles. The predicted octanol–water partition coefficient (Wildman–Crippen LogP) is 2.21. The van der Waals surface area contributed by atoms with Crippen molar-refractivity contribution in [1.82, 2.24) is 4.31 Å². The Morgan fingerprint density at radius 1 is 1.26 bits per heavy atom. The van der Waals surface area contributed by atoms with Crippen molar-refractivity contribution >= 4 is 16.0 Å². The van der Waals surface area contributed by atoms with Crippen LogP contribution in [0.25, 0.3) is 0 Å². The van der Waals surface area contributed by atoms with Crippen LogP contribution in [-0.2, 0) is 14.8 Å². The van der Waals surface area contributed by atoms with E-state index in [-0.39, 0.29) is 23.5 Å². The topological polar surface area (TPSA) is 83.9 Å². The summed E-state index contributed by atoms with van der Waals surface area (Å²) in [5, 5.41) is 9.19. The molecule has 1 saturated heterocycles. The third kappa shape index (κ3) is 4.23. The molecular formula is C16H23NO5S. The number of carbonyl (C=O) groups is 1. The molecule has 0 aromatic heterocycles. The first kappa shape index (κ1) is 17.7. The fourth-order valence-corrected chi connectivity index (χ4v) is 4.39. The van der Waals surface area contributed by atoms with Crippen LogP contribution in [0.4, 0.5) is 0 Å². The monoisotopic (exact) mass is 341 g/mol. The minimum atomic E-state index is -3.69. The van der Waals surface area contributed by atoms with Gasteiger partial charge in [-0.05, 0) is 50.5 Å². The number of ether oxygens (including phenoxy) is 1. The average molecular weight is 341 g/mol. The molecule has 0 amide bonds. The van der Waals surface area contributed by atoms with Crippen LogP contribution in [0.5, 0.6) is 5.75 Å². The Morgan fingerprint density at radius 3 is 2.39 bits per heavy atom. The smallest absolute Gasteiger partial charge is 0.307 e. The molecule has 7 heteroatoms. The summed E-state index contributed by atoms with van der Waals surface area (Å²) >= 11 is 0. The maximum absolute atomic E-state index is 12.7. The van der Waals surface area contributed by atoms with Gasteiger partial charge in [-0.15, -0.1) is 0 Å². The van der Waals surface area contributed by atoms with Gasteiger partial charge in [0.15, 0.2) is 0 Å². The maximum atomic E-state index is 12.7. The van der Waals surface area contributed by atoms with E-state index in [4.69, 9.17) is 4.74 Å². The van der Waals surface area contributed by atoms with Gasteiger partial charge >= 0.3 is 5.97 Å². The highest BCUT2D eigenvalue weighted by molar-refractivity contribution is 7.89. The van der Waals surface area contributed by atoms with E-state index in [1.807, 2.05) is 20.8 Å². The third-order valence-corrected chi connectivity index (χ3v) is 5.65. The van der Waals surface area contributed by atoms with E-state index in [1.165, 1.54) is 16.4 Å². The van der Waals surface area contributed by atoms with Gasteiger partial charge in [0.05, 0.1) is 16.9 Å². The predicted molar refractivity (Wildman–Crippen MR) is 85.9 cm³/mol. The summed E-state index contributed by atoms with van der Waals surface area (Å²) < 4.78 is 32.2. The van der Waals surface area contributed by atoms with Gasteiger partial charge in [0.1, 0.15) is 5.75 Å². The molecule has 0 saturated carbocycles. The van der Waals surface area contributed by atoms with Gasteiger partial charge in [-0.2, -0.15) is 4.31 Å². The molecule has 23 heavy (non-hydrogen) atoms. The highest BCUT2D eigenvalue weighted by Gasteiger charge is 2.36. The van der Waals surface area contributed by atoms with Crippen molar-refractivity contribution in [3.8, 4) is 5.75 Å². The Kier molecular flexibility index (Phi) is 5.31. The summed E-state index contributed by atoms with van der Waals surface area (Å²) in [6, 6.07) is 6.24. The van der Waals surface area contributed by atoms with E-state index in [0.29, 0.717) is 18.7 Å². The molecule has 2 unspecified atom stereocenters. The van der Waals surface area contributed by atoms with Crippen LogP contribution in [0, 0.1) is 11.8 Å². The normalized spacial score (nSPS) is 23.0.